The first-order chi connectivity index (χ1) is 14.4. The molecule has 30 heavy (non-hydrogen) atoms. The fraction of sp³-hybridized carbons (Fsp3) is 0.318. The number of aliphatic hydroxyl groups is 1. The molecule has 0 amide bonds. The van der Waals surface area contributed by atoms with E-state index < -0.39 is 12.1 Å². The molecule has 0 saturated carbocycles. The highest BCUT2D eigenvalue weighted by atomic mass is 16.5. The lowest BCUT2D eigenvalue weighted by Gasteiger charge is -2.11. The molecule has 8 nitrogen and oxygen atoms in total. The van der Waals surface area contributed by atoms with Gasteiger partial charge in [0, 0.05) is 12.0 Å². The van der Waals surface area contributed by atoms with Gasteiger partial charge in [-0.2, -0.15) is 4.98 Å². The minimum absolute atomic E-state index is 0.127. The normalized spacial score (nSPS) is 18.6. The van der Waals surface area contributed by atoms with Crippen LogP contribution in [0.2, 0.25) is 0 Å². The summed E-state index contributed by atoms with van der Waals surface area (Å²) in [5.74, 6) is 1.65. The molecule has 156 valence electrons. The third-order valence-corrected chi connectivity index (χ3v) is 5.34. The van der Waals surface area contributed by atoms with Crippen molar-refractivity contribution in [3.8, 4) is 17.1 Å². The number of hydrogen-bond acceptors (Lipinski definition) is 5. The molecule has 0 aliphatic carbocycles. The summed E-state index contributed by atoms with van der Waals surface area (Å²) in [6, 6.07) is 13.5. The molecular weight excluding hydrogens is 382 g/mol. The molecule has 5 N–H and O–H groups in total. The summed E-state index contributed by atoms with van der Waals surface area (Å²) >= 11 is 0. The van der Waals surface area contributed by atoms with E-state index in [4.69, 9.17) is 20.7 Å². The van der Waals surface area contributed by atoms with Crippen LogP contribution in [0.1, 0.15) is 35.0 Å². The third kappa shape index (κ3) is 3.99. The number of nitrogens with two attached hydrogens (primary N) is 2. The molecular formula is C22H26N5O3+. The van der Waals surface area contributed by atoms with Crippen molar-refractivity contribution in [3.63, 3.8) is 0 Å². The lowest BCUT2D eigenvalue weighted by Crippen LogP contribution is -2.37. The van der Waals surface area contributed by atoms with Gasteiger partial charge in [0.1, 0.15) is 12.4 Å². The second-order valence-corrected chi connectivity index (χ2v) is 7.63. The lowest BCUT2D eigenvalue weighted by atomic mass is 10.1. The van der Waals surface area contributed by atoms with Crippen LogP contribution in [0, 0.1) is 13.8 Å². The van der Waals surface area contributed by atoms with Gasteiger partial charge in [-0.05, 0) is 43.2 Å². The predicted molar refractivity (Wildman–Crippen MR) is 112 cm³/mol. The van der Waals surface area contributed by atoms with Gasteiger partial charge in [0.15, 0.2) is 6.04 Å². The minimum Gasteiger partial charge on any atom is -0.489 e. The zero-order valence-electron chi connectivity index (χ0n) is 17.1. The summed E-state index contributed by atoms with van der Waals surface area (Å²) in [7, 11) is 0. The molecule has 1 saturated heterocycles. The van der Waals surface area contributed by atoms with Crippen LogP contribution in [0.5, 0.6) is 5.75 Å². The summed E-state index contributed by atoms with van der Waals surface area (Å²) in [4.78, 5) is 4.47. The van der Waals surface area contributed by atoms with E-state index in [1.54, 1.807) is 4.58 Å². The quantitative estimate of drug-likeness (QED) is 0.436. The van der Waals surface area contributed by atoms with Crippen LogP contribution >= 0.6 is 0 Å². The van der Waals surface area contributed by atoms with E-state index in [9.17, 15) is 5.11 Å². The first-order valence-corrected chi connectivity index (χ1v) is 9.88. The Morgan fingerprint density at radius 2 is 1.97 bits per heavy atom. The monoisotopic (exact) mass is 408 g/mol. The van der Waals surface area contributed by atoms with Gasteiger partial charge in [-0.3, -0.25) is 16.0 Å². The van der Waals surface area contributed by atoms with Crippen molar-refractivity contribution >= 4 is 5.96 Å². The van der Waals surface area contributed by atoms with Gasteiger partial charge >= 0.3 is 5.96 Å². The van der Waals surface area contributed by atoms with Crippen LogP contribution in [0.3, 0.4) is 0 Å². The molecule has 8 heteroatoms. The van der Waals surface area contributed by atoms with Crippen molar-refractivity contribution in [2.24, 2.45) is 11.5 Å². The van der Waals surface area contributed by atoms with E-state index in [-0.39, 0.29) is 5.96 Å². The standard InChI is InChI=1S/C22H25N5O3/c1-13-3-5-15(6-4-13)12-29-18-8-7-16(11-14(18)2)20-25-21(30-26-20)19-17(28)9-10-27(19)22(23)24/h3-8,11,17,19,28H,9-10,12H2,1-2H3,(H3,23,24)/p+1/t17-,19-/m0/s1. The summed E-state index contributed by atoms with van der Waals surface area (Å²) in [5, 5.41) is 14.4. The maximum atomic E-state index is 10.3. The molecule has 2 atom stereocenters. The highest BCUT2D eigenvalue weighted by molar-refractivity contribution is 5.70. The first kappa shape index (κ1) is 19.9. The topological polar surface area (TPSA) is 123 Å². The molecule has 1 aliphatic heterocycles. The number of nitrogens with zero attached hydrogens (tertiary/aromatic N) is 3. The van der Waals surface area contributed by atoms with Crippen molar-refractivity contribution in [1.29, 1.82) is 0 Å². The van der Waals surface area contributed by atoms with Crippen molar-refractivity contribution in [2.75, 3.05) is 6.54 Å². The van der Waals surface area contributed by atoms with Crippen LogP contribution in [-0.4, -0.2) is 38.4 Å². The van der Waals surface area contributed by atoms with E-state index in [2.05, 4.69) is 41.3 Å². The summed E-state index contributed by atoms with van der Waals surface area (Å²) < 4.78 is 13.1. The average molecular weight is 408 g/mol. The Morgan fingerprint density at radius 3 is 2.67 bits per heavy atom. The smallest absolute Gasteiger partial charge is 0.341 e. The van der Waals surface area contributed by atoms with Gasteiger partial charge in [-0.15, -0.1) is 0 Å². The second-order valence-electron chi connectivity index (χ2n) is 7.63. The molecule has 1 aliphatic rings. The van der Waals surface area contributed by atoms with Crippen LogP contribution in [0.4, 0.5) is 0 Å². The number of benzene rings is 2. The summed E-state index contributed by atoms with van der Waals surface area (Å²) in [5.41, 5.74) is 15.6. The zero-order valence-corrected chi connectivity index (χ0v) is 17.1. The predicted octanol–water partition coefficient (Wildman–Crippen LogP) is 2.02. The maximum Gasteiger partial charge on any atom is 0.341 e. The number of ether oxygens (including phenoxy) is 1. The van der Waals surface area contributed by atoms with Crippen LogP contribution < -0.4 is 16.2 Å². The van der Waals surface area contributed by atoms with Crippen molar-refractivity contribution < 1.29 is 18.9 Å². The molecule has 0 bridgehead atoms. The Kier molecular flexibility index (Phi) is 5.41. The van der Waals surface area contributed by atoms with Gasteiger partial charge in [-0.1, -0.05) is 35.0 Å². The highest BCUT2D eigenvalue weighted by Gasteiger charge is 2.39. The van der Waals surface area contributed by atoms with Crippen LogP contribution in [0.25, 0.3) is 11.4 Å². The molecule has 1 aromatic heterocycles. The molecule has 0 radical (unpaired) electrons. The second kappa shape index (κ2) is 8.16. The van der Waals surface area contributed by atoms with Gasteiger partial charge in [0.05, 0.1) is 12.6 Å². The Balaban J connectivity index is 1.51. The molecule has 1 fully saturated rings. The third-order valence-electron chi connectivity index (χ3n) is 5.34. The zero-order chi connectivity index (χ0) is 21.3. The van der Waals surface area contributed by atoms with Crippen molar-refractivity contribution in [3.05, 3.63) is 65.0 Å². The van der Waals surface area contributed by atoms with Gasteiger partial charge in [0.25, 0.3) is 5.89 Å². The van der Waals surface area contributed by atoms with Gasteiger partial charge in [-0.25, -0.2) is 0 Å². The minimum atomic E-state index is -0.667. The number of aliphatic hydroxyl groups excluding tert-OH is 1. The Labute approximate surface area is 174 Å². The average Bonchev–Trinajstić information content (AvgIpc) is 3.35. The number of hydrogen-bond donors (Lipinski definition) is 3. The molecule has 0 unspecified atom stereocenters. The summed E-state index contributed by atoms with van der Waals surface area (Å²) in [6.07, 6.45) is -0.133. The molecule has 4 rings (SSSR count). The maximum absolute atomic E-state index is 10.3. The Hall–Kier alpha value is -3.39. The van der Waals surface area contributed by atoms with Crippen LogP contribution in [0.15, 0.2) is 47.0 Å². The Morgan fingerprint density at radius 1 is 1.20 bits per heavy atom. The number of aromatic nitrogens is 2. The molecule has 3 aromatic rings. The molecule has 0 spiro atoms. The SMILES string of the molecule is Cc1ccc(COc2ccc(-c3noc([C@@H]4[C@@H](O)CC[N+]4=C(N)N)n3)cc2C)cc1. The largest absolute Gasteiger partial charge is 0.489 e. The van der Waals surface area contributed by atoms with E-state index >= 15 is 0 Å². The first-order valence-electron chi connectivity index (χ1n) is 9.88. The van der Waals surface area contributed by atoms with E-state index in [1.165, 1.54) is 5.56 Å². The van der Waals surface area contributed by atoms with E-state index in [0.717, 1.165) is 22.4 Å². The summed E-state index contributed by atoms with van der Waals surface area (Å²) in [6.45, 7) is 5.07. The van der Waals surface area contributed by atoms with Crippen LogP contribution in [-0.2, 0) is 6.61 Å². The number of rotatable bonds is 5. The number of guanidine groups is 1. The van der Waals surface area contributed by atoms with Gasteiger partial charge in [0.2, 0.25) is 5.82 Å². The molecule has 2 heterocycles. The van der Waals surface area contributed by atoms with Gasteiger partial charge < -0.3 is 14.4 Å². The van der Waals surface area contributed by atoms with Crippen molar-refractivity contribution in [2.45, 2.75) is 39.0 Å². The fourth-order valence-corrected chi connectivity index (χ4v) is 3.63. The highest BCUT2D eigenvalue weighted by Crippen LogP contribution is 2.30. The fourth-order valence-electron chi connectivity index (χ4n) is 3.63. The van der Waals surface area contributed by atoms with E-state index in [1.807, 2.05) is 25.1 Å². The lowest BCUT2D eigenvalue weighted by molar-refractivity contribution is -0.560. The Bertz CT molecular complexity index is 1070. The number of aryl methyl sites for hydroxylation is 2. The van der Waals surface area contributed by atoms with E-state index in [0.29, 0.717) is 31.3 Å². The van der Waals surface area contributed by atoms with Crippen molar-refractivity contribution in [1.82, 2.24) is 10.1 Å². The molecule has 2 aromatic carbocycles.